The van der Waals surface area contributed by atoms with E-state index in [1.54, 1.807) is 6.92 Å². The lowest BCUT2D eigenvalue weighted by molar-refractivity contribution is 0.274. The Balaban J connectivity index is 2.25. The molecule has 112 valence electrons. The molecule has 1 aliphatic carbocycles. The SMILES string of the molecule is CC(CC1CC1)NS(=O)(=O)c1cc(Cl)cc(CO)c1F. The van der Waals surface area contributed by atoms with Crippen molar-refractivity contribution in [3.8, 4) is 0 Å². The molecule has 0 bridgehead atoms. The summed E-state index contributed by atoms with van der Waals surface area (Å²) in [5.74, 6) is -0.395. The number of halogens is 2. The van der Waals surface area contributed by atoms with Crippen molar-refractivity contribution in [3.05, 3.63) is 28.5 Å². The first-order valence-corrected chi connectivity index (χ1v) is 8.30. The standard InChI is InChI=1S/C13H17ClFNO3S/c1-8(4-9-2-3-9)16-20(18,19)12-6-11(14)5-10(7-17)13(12)15/h5-6,8-9,16-17H,2-4,7H2,1H3. The molecular weight excluding hydrogens is 305 g/mol. The number of hydrogen-bond donors (Lipinski definition) is 2. The first-order valence-electron chi connectivity index (χ1n) is 6.44. The number of sulfonamides is 1. The summed E-state index contributed by atoms with van der Waals surface area (Å²) in [5, 5.41) is 9.10. The summed E-state index contributed by atoms with van der Waals surface area (Å²) < 4.78 is 40.9. The third-order valence-corrected chi connectivity index (χ3v) is 5.09. The minimum Gasteiger partial charge on any atom is -0.392 e. The van der Waals surface area contributed by atoms with Crippen molar-refractivity contribution in [3.63, 3.8) is 0 Å². The Hall–Kier alpha value is -0.690. The lowest BCUT2D eigenvalue weighted by Crippen LogP contribution is -2.33. The molecule has 0 aliphatic heterocycles. The number of hydrogen-bond acceptors (Lipinski definition) is 3. The van der Waals surface area contributed by atoms with E-state index in [0.717, 1.165) is 25.3 Å². The van der Waals surface area contributed by atoms with Crippen molar-refractivity contribution in [2.45, 2.75) is 43.7 Å². The lowest BCUT2D eigenvalue weighted by Gasteiger charge is -2.15. The molecule has 1 unspecified atom stereocenters. The van der Waals surface area contributed by atoms with E-state index in [0.29, 0.717) is 5.92 Å². The topological polar surface area (TPSA) is 66.4 Å². The second kappa shape index (κ2) is 5.97. The van der Waals surface area contributed by atoms with Gasteiger partial charge in [0.1, 0.15) is 10.7 Å². The fraction of sp³-hybridized carbons (Fsp3) is 0.538. The van der Waals surface area contributed by atoms with Gasteiger partial charge in [-0.1, -0.05) is 24.4 Å². The van der Waals surface area contributed by atoms with Gasteiger partial charge in [0, 0.05) is 16.6 Å². The van der Waals surface area contributed by atoms with Gasteiger partial charge < -0.3 is 5.11 Å². The first-order chi connectivity index (χ1) is 9.33. The van der Waals surface area contributed by atoms with Gasteiger partial charge in [-0.25, -0.2) is 17.5 Å². The highest BCUT2D eigenvalue weighted by Crippen LogP contribution is 2.34. The third kappa shape index (κ3) is 3.69. The maximum absolute atomic E-state index is 14.0. The van der Waals surface area contributed by atoms with E-state index in [4.69, 9.17) is 16.7 Å². The van der Waals surface area contributed by atoms with Crippen LogP contribution in [0.25, 0.3) is 0 Å². The molecule has 1 aliphatic rings. The van der Waals surface area contributed by atoms with Gasteiger partial charge in [-0.05, 0) is 31.4 Å². The molecule has 0 spiro atoms. The predicted octanol–water partition coefficient (Wildman–Crippen LogP) is 2.44. The number of aliphatic hydroxyl groups excluding tert-OH is 1. The summed E-state index contributed by atoms with van der Waals surface area (Å²) >= 11 is 5.77. The van der Waals surface area contributed by atoms with Crippen LogP contribution in [-0.4, -0.2) is 19.6 Å². The zero-order valence-corrected chi connectivity index (χ0v) is 12.6. The highest BCUT2D eigenvalue weighted by atomic mass is 35.5. The van der Waals surface area contributed by atoms with Gasteiger partial charge in [-0.2, -0.15) is 0 Å². The van der Waals surface area contributed by atoms with E-state index in [1.165, 1.54) is 6.07 Å². The second-order valence-corrected chi connectivity index (χ2v) is 7.36. The summed E-state index contributed by atoms with van der Waals surface area (Å²) in [6.07, 6.45) is 2.98. The van der Waals surface area contributed by atoms with Gasteiger partial charge in [-0.3, -0.25) is 0 Å². The van der Waals surface area contributed by atoms with Crippen molar-refractivity contribution in [2.75, 3.05) is 0 Å². The van der Waals surface area contributed by atoms with Gasteiger partial charge in [0.05, 0.1) is 6.61 Å². The summed E-state index contributed by atoms with van der Waals surface area (Å²) in [6, 6.07) is 2.01. The average molecular weight is 322 g/mol. The third-order valence-electron chi connectivity index (χ3n) is 3.28. The Kier molecular flexibility index (Phi) is 4.69. The summed E-state index contributed by atoms with van der Waals surface area (Å²) in [4.78, 5) is -0.517. The second-order valence-electron chi connectivity index (χ2n) is 5.24. The number of nitrogens with one attached hydrogen (secondary N) is 1. The van der Waals surface area contributed by atoms with Crippen LogP contribution < -0.4 is 4.72 Å². The maximum Gasteiger partial charge on any atom is 0.243 e. The van der Waals surface area contributed by atoms with E-state index in [-0.39, 0.29) is 16.6 Å². The van der Waals surface area contributed by atoms with E-state index < -0.39 is 27.3 Å². The van der Waals surface area contributed by atoms with E-state index >= 15 is 0 Å². The van der Waals surface area contributed by atoms with Gasteiger partial charge in [0.2, 0.25) is 10.0 Å². The van der Waals surface area contributed by atoms with Gasteiger partial charge in [-0.15, -0.1) is 0 Å². The molecule has 7 heteroatoms. The molecule has 0 amide bonds. The zero-order valence-electron chi connectivity index (χ0n) is 11.1. The van der Waals surface area contributed by atoms with E-state index in [2.05, 4.69) is 4.72 Å². The Labute approximate surface area is 123 Å². The minimum absolute atomic E-state index is 0.0747. The lowest BCUT2D eigenvalue weighted by atomic mass is 10.2. The summed E-state index contributed by atoms with van der Waals surface area (Å²) in [5.41, 5.74) is -0.132. The molecule has 2 rings (SSSR count). The Bertz CT molecular complexity index is 602. The van der Waals surface area contributed by atoms with Crippen LogP contribution in [0.5, 0.6) is 0 Å². The van der Waals surface area contributed by atoms with E-state index in [9.17, 15) is 12.8 Å². The zero-order chi connectivity index (χ0) is 14.9. The van der Waals surface area contributed by atoms with Crippen molar-refractivity contribution >= 4 is 21.6 Å². The van der Waals surface area contributed by atoms with Gasteiger partial charge in [0.25, 0.3) is 0 Å². The van der Waals surface area contributed by atoms with Gasteiger partial charge in [0.15, 0.2) is 0 Å². The Morgan fingerprint density at radius 2 is 2.15 bits per heavy atom. The summed E-state index contributed by atoms with van der Waals surface area (Å²) in [7, 11) is -3.98. The van der Waals surface area contributed by atoms with Crippen LogP contribution in [0.4, 0.5) is 4.39 Å². The van der Waals surface area contributed by atoms with Gasteiger partial charge >= 0.3 is 0 Å². The molecular formula is C13H17ClFNO3S. The molecule has 0 saturated heterocycles. The van der Waals surface area contributed by atoms with Crippen LogP contribution in [0.3, 0.4) is 0 Å². The molecule has 0 heterocycles. The number of rotatable bonds is 6. The minimum atomic E-state index is -3.98. The van der Waals surface area contributed by atoms with Crippen LogP contribution in [0.1, 0.15) is 31.7 Å². The van der Waals surface area contributed by atoms with E-state index in [1.807, 2.05) is 0 Å². The highest BCUT2D eigenvalue weighted by molar-refractivity contribution is 7.89. The normalized spacial score (nSPS) is 17.2. The molecule has 1 saturated carbocycles. The van der Waals surface area contributed by atoms with Crippen molar-refractivity contribution in [2.24, 2.45) is 5.92 Å². The van der Waals surface area contributed by atoms with Crippen LogP contribution >= 0.6 is 11.6 Å². The summed E-state index contributed by atoms with van der Waals surface area (Å²) in [6.45, 7) is 1.15. The number of benzene rings is 1. The monoisotopic (exact) mass is 321 g/mol. The molecule has 1 fully saturated rings. The van der Waals surface area contributed by atoms with Crippen LogP contribution in [0, 0.1) is 11.7 Å². The molecule has 0 radical (unpaired) electrons. The van der Waals surface area contributed by atoms with Crippen LogP contribution in [0.15, 0.2) is 17.0 Å². The van der Waals surface area contributed by atoms with Crippen LogP contribution in [0.2, 0.25) is 5.02 Å². The quantitative estimate of drug-likeness (QED) is 0.845. The molecule has 4 nitrogen and oxygen atoms in total. The predicted molar refractivity (Wildman–Crippen MR) is 74.5 cm³/mol. The molecule has 1 aromatic rings. The maximum atomic E-state index is 14.0. The first kappa shape index (κ1) is 15.7. The molecule has 1 atom stereocenters. The smallest absolute Gasteiger partial charge is 0.243 e. The molecule has 2 N–H and O–H groups in total. The fourth-order valence-corrected chi connectivity index (χ4v) is 3.87. The average Bonchev–Trinajstić information content (AvgIpc) is 3.14. The van der Waals surface area contributed by atoms with Crippen molar-refractivity contribution < 1.29 is 17.9 Å². The Morgan fingerprint density at radius 1 is 1.50 bits per heavy atom. The largest absolute Gasteiger partial charge is 0.392 e. The molecule has 0 aromatic heterocycles. The fourth-order valence-electron chi connectivity index (χ4n) is 2.16. The van der Waals surface area contributed by atoms with Crippen molar-refractivity contribution in [1.29, 1.82) is 0 Å². The van der Waals surface area contributed by atoms with Crippen molar-refractivity contribution in [1.82, 2.24) is 4.72 Å². The molecule has 1 aromatic carbocycles. The molecule has 20 heavy (non-hydrogen) atoms. The Morgan fingerprint density at radius 3 is 2.70 bits per heavy atom. The highest BCUT2D eigenvalue weighted by Gasteiger charge is 2.28. The van der Waals surface area contributed by atoms with Crippen LogP contribution in [-0.2, 0) is 16.6 Å². The number of aliphatic hydroxyl groups is 1.